The first-order valence-electron chi connectivity index (χ1n) is 24.2. The van der Waals surface area contributed by atoms with E-state index in [-0.39, 0.29) is 44.6 Å². The topological polar surface area (TPSA) is 110 Å². The van der Waals surface area contributed by atoms with Crippen molar-refractivity contribution >= 4 is 18.1 Å². The van der Waals surface area contributed by atoms with E-state index in [1.165, 1.54) is 25.7 Å². The van der Waals surface area contributed by atoms with E-state index in [0.29, 0.717) is 39.0 Å². The highest BCUT2D eigenvalue weighted by molar-refractivity contribution is 5.69. The van der Waals surface area contributed by atoms with Crippen molar-refractivity contribution in [1.29, 1.82) is 0 Å². The van der Waals surface area contributed by atoms with Crippen LogP contribution < -0.4 is 0 Å². The Kier molecular flexibility index (Phi) is 39.2. The normalized spacial score (nSPS) is 14.1. The zero-order chi connectivity index (χ0) is 43.4. The van der Waals surface area contributed by atoms with Crippen LogP contribution in [0.3, 0.4) is 0 Å². The van der Waals surface area contributed by atoms with Gasteiger partial charge in [0.15, 0.2) is 6.29 Å². The molecule has 0 saturated carbocycles. The molecule has 1 aliphatic heterocycles. The summed E-state index contributed by atoms with van der Waals surface area (Å²) in [4.78, 5) is 40.1. The van der Waals surface area contributed by atoms with Crippen LogP contribution in [-0.2, 0) is 38.0 Å². The highest BCUT2D eigenvalue weighted by Crippen LogP contribution is 2.14. The molecule has 0 aromatic rings. The molecule has 1 saturated heterocycles. The average Bonchev–Trinajstić information content (AvgIpc) is 3.76. The first-order valence-corrected chi connectivity index (χ1v) is 24.2. The molecule has 0 aromatic carbocycles. The van der Waals surface area contributed by atoms with E-state index < -0.39 is 18.5 Å². The number of carbonyl (C=O) groups excluding carboxylic acids is 3. The highest BCUT2D eigenvalue weighted by atomic mass is 16.7. The minimum absolute atomic E-state index is 0.0629. The van der Waals surface area contributed by atoms with Crippen LogP contribution >= 0.6 is 0 Å². The van der Waals surface area contributed by atoms with Crippen LogP contribution in [0.2, 0.25) is 0 Å². The van der Waals surface area contributed by atoms with Gasteiger partial charge in [-0.1, -0.05) is 101 Å². The van der Waals surface area contributed by atoms with Crippen molar-refractivity contribution in [2.24, 2.45) is 0 Å². The van der Waals surface area contributed by atoms with Crippen LogP contribution in [0.4, 0.5) is 4.79 Å². The maximum atomic E-state index is 12.8. The largest absolute Gasteiger partial charge is 0.508 e. The fourth-order valence-corrected chi connectivity index (χ4v) is 6.71. The maximum Gasteiger partial charge on any atom is 0.508 e. The molecule has 0 aliphatic carbocycles. The molecule has 0 spiro atoms. The standard InChI is InChI=1S/C50H87NO9/c1-4-7-10-13-16-17-18-19-20-21-22-23-24-25-28-33-47(52)55-43-36-46(60-50(54)59-45-40-51-38-29-30-39-51)37-44-56-48(53)34-35-49(57-41-31-26-14-11-8-5-2)58-42-32-27-15-12-9-6-3/h8-9,11-12,16-17,19-20,46,49H,4-7,10,13-15,18,21-45H2,1-3H3/b11-8-,12-9-,17-16-,20-19-. The lowest BCUT2D eigenvalue weighted by molar-refractivity contribution is -0.159. The van der Waals surface area contributed by atoms with Crippen molar-refractivity contribution < 1.29 is 42.8 Å². The van der Waals surface area contributed by atoms with Gasteiger partial charge < -0.3 is 28.4 Å². The molecule has 1 fully saturated rings. The number of carbonyl (C=O) groups is 3. The SMILES string of the molecule is CC/C=C\CCCCOC(CCC(=O)OCCC(CCOC(=O)CCCCCCC/C=C\C/C=C\CCCCC)OC(=O)OCCN1CCCC1)OCCCC/C=C\CC. The van der Waals surface area contributed by atoms with Gasteiger partial charge in [0.1, 0.15) is 12.7 Å². The van der Waals surface area contributed by atoms with Gasteiger partial charge in [-0.3, -0.25) is 14.5 Å². The summed E-state index contributed by atoms with van der Waals surface area (Å²) in [5.41, 5.74) is 0. The maximum absolute atomic E-state index is 12.8. The molecule has 0 amide bonds. The number of unbranched alkanes of at least 4 members (excludes halogenated alkanes) is 12. The van der Waals surface area contributed by atoms with Crippen molar-refractivity contribution in [3.8, 4) is 0 Å². The van der Waals surface area contributed by atoms with E-state index >= 15 is 0 Å². The quantitative estimate of drug-likeness (QED) is 0.0194. The fraction of sp³-hybridized carbons (Fsp3) is 0.780. The van der Waals surface area contributed by atoms with Gasteiger partial charge in [0.25, 0.3) is 0 Å². The van der Waals surface area contributed by atoms with Crippen LogP contribution in [0, 0.1) is 0 Å². The number of nitrogens with zero attached hydrogens (tertiary/aromatic N) is 1. The molecule has 0 N–H and O–H groups in total. The van der Waals surface area contributed by atoms with Crippen LogP contribution in [-0.4, -0.2) is 88.1 Å². The smallest absolute Gasteiger partial charge is 0.466 e. The summed E-state index contributed by atoms with van der Waals surface area (Å²) in [6.45, 7) is 10.8. The Morgan fingerprint density at radius 1 is 0.517 bits per heavy atom. The van der Waals surface area contributed by atoms with Gasteiger partial charge in [0.05, 0.1) is 19.6 Å². The summed E-state index contributed by atoms with van der Waals surface area (Å²) in [6.07, 6.45) is 40.2. The molecule has 10 nitrogen and oxygen atoms in total. The van der Waals surface area contributed by atoms with Gasteiger partial charge in [0, 0.05) is 45.4 Å². The molecule has 0 bridgehead atoms. The monoisotopic (exact) mass is 846 g/mol. The number of ether oxygens (including phenoxy) is 6. The Labute approximate surface area is 366 Å². The summed E-state index contributed by atoms with van der Waals surface area (Å²) in [6, 6.07) is 0. The molecule has 10 heteroatoms. The predicted molar refractivity (Wildman–Crippen MR) is 244 cm³/mol. The second-order valence-electron chi connectivity index (χ2n) is 15.8. The Hall–Kier alpha value is -2.95. The highest BCUT2D eigenvalue weighted by Gasteiger charge is 2.20. The van der Waals surface area contributed by atoms with Crippen LogP contribution in [0.1, 0.15) is 188 Å². The number of hydrogen-bond donors (Lipinski definition) is 0. The molecule has 1 rings (SSSR count). The molecular weight excluding hydrogens is 759 g/mol. The number of esters is 2. The second-order valence-corrected chi connectivity index (χ2v) is 15.8. The van der Waals surface area contributed by atoms with Crippen molar-refractivity contribution in [3.63, 3.8) is 0 Å². The van der Waals surface area contributed by atoms with E-state index in [1.807, 2.05) is 0 Å². The van der Waals surface area contributed by atoms with E-state index in [1.54, 1.807) is 0 Å². The summed E-state index contributed by atoms with van der Waals surface area (Å²) < 4.78 is 34.1. The van der Waals surface area contributed by atoms with Gasteiger partial charge in [-0.05, 0) is 116 Å². The van der Waals surface area contributed by atoms with Gasteiger partial charge in [0.2, 0.25) is 0 Å². The number of hydrogen-bond acceptors (Lipinski definition) is 10. The molecule has 0 aromatic heterocycles. The van der Waals surface area contributed by atoms with E-state index in [4.69, 9.17) is 28.4 Å². The number of allylic oxidation sites excluding steroid dienone is 8. The van der Waals surface area contributed by atoms with Crippen molar-refractivity contribution in [3.05, 3.63) is 48.6 Å². The zero-order valence-electron chi connectivity index (χ0n) is 38.4. The minimum atomic E-state index is -0.762. The first-order chi connectivity index (χ1) is 29.5. The van der Waals surface area contributed by atoms with E-state index in [2.05, 4.69) is 74.3 Å². The van der Waals surface area contributed by atoms with Crippen LogP contribution in [0.25, 0.3) is 0 Å². The van der Waals surface area contributed by atoms with Crippen molar-refractivity contribution in [2.75, 3.05) is 52.7 Å². The molecule has 346 valence electrons. The number of rotatable bonds is 41. The average molecular weight is 846 g/mol. The van der Waals surface area contributed by atoms with E-state index in [9.17, 15) is 14.4 Å². The number of likely N-dealkylation sites (tertiary alicyclic amines) is 1. The summed E-state index contributed by atoms with van der Waals surface area (Å²) >= 11 is 0. The lowest BCUT2D eigenvalue weighted by atomic mass is 10.1. The van der Waals surface area contributed by atoms with Gasteiger partial charge >= 0.3 is 18.1 Å². The third-order valence-corrected chi connectivity index (χ3v) is 10.4. The molecule has 0 radical (unpaired) electrons. The third kappa shape index (κ3) is 36.9. The van der Waals surface area contributed by atoms with Crippen molar-refractivity contribution in [1.82, 2.24) is 4.90 Å². The third-order valence-electron chi connectivity index (χ3n) is 10.4. The minimum Gasteiger partial charge on any atom is -0.466 e. The summed E-state index contributed by atoms with van der Waals surface area (Å²) in [7, 11) is 0. The van der Waals surface area contributed by atoms with Crippen LogP contribution in [0.5, 0.6) is 0 Å². The Balaban J connectivity index is 2.44. The second kappa shape index (κ2) is 42.7. The van der Waals surface area contributed by atoms with Gasteiger partial charge in [-0.2, -0.15) is 0 Å². The van der Waals surface area contributed by atoms with E-state index in [0.717, 1.165) is 122 Å². The van der Waals surface area contributed by atoms with Gasteiger partial charge in [-0.15, -0.1) is 0 Å². The summed E-state index contributed by atoms with van der Waals surface area (Å²) in [5, 5.41) is 0. The Morgan fingerprint density at radius 3 is 1.62 bits per heavy atom. The molecule has 1 unspecified atom stereocenters. The lowest BCUT2D eigenvalue weighted by Crippen LogP contribution is -2.28. The fourth-order valence-electron chi connectivity index (χ4n) is 6.71. The lowest BCUT2D eigenvalue weighted by Gasteiger charge is -2.20. The first kappa shape index (κ1) is 55.1. The zero-order valence-corrected chi connectivity index (χ0v) is 38.4. The molecule has 1 aliphatic rings. The molecule has 60 heavy (non-hydrogen) atoms. The Bertz CT molecular complexity index is 1110. The van der Waals surface area contributed by atoms with Crippen molar-refractivity contribution in [2.45, 2.75) is 200 Å². The molecule has 1 atom stereocenters. The Morgan fingerprint density at radius 2 is 1.03 bits per heavy atom. The molecular formula is C50H87NO9. The van der Waals surface area contributed by atoms with Gasteiger partial charge in [-0.25, -0.2) is 4.79 Å². The summed E-state index contributed by atoms with van der Waals surface area (Å²) in [5.74, 6) is -0.614. The molecule has 1 heterocycles. The van der Waals surface area contributed by atoms with Crippen LogP contribution in [0.15, 0.2) is 48.6 Å². The predicted octanol–water partition coefficient (Wildman–Crippen LogP) is 12.7.